The van der Waals surface area contributed by atoms with Gasteiger partial charge in [0, 0.05) is 22.9 Å². The zero-order valence-corrected chi connectivity index (χ0v) is 12.8. The van der Waals surface area contributed by atoms with Crippen LogP contribution in [0.5, 0.6) is 0 Å². The van der Waals surface area contributed by atoms with Gasteiger partial charge in [0.1, 0.15) is 5.82 Å². The molecule has 0 saturated heterocycles. The Morgan fingerprint density at radius 1 is 0.957 bits per heavy atom. The van der Waals surface area contributed by atoms with Crippen molar-refractivity contribution in [3.63, 3.8) is 0 Å². The van der Waals surface area contributed by atoms with Gasteiger partial charge in [-0.1, -0.05) is 36.4 Å². The Morgan fingerprint density at radius 3 is 2.65 bits per heavy atom. The summed E-state index contributed by atoms with van der Waals surface area (Å²) in [6.45, 7) is 0. The molecule has 2 aromatic carbocycles. The van der Waals surface area contributed by atoms with E-state index in [0.717, 1.165) is 41.5 Å². The molecule has 3 aromatic rings. The number of rotatable bonds is 2. The molecule has 2 nitrogen and oxygen atoms in total. The predicted molar refractivity (Wildman–Crippen MR) is 92.0 cm³/mol. The molecule has 1 aliphatic carbocycles. The smallest absolute Gasteiger partial charge is 0.131 e. The predicted octanol–water partition coefficient (Wildman–Crippen LogP) is 5.00. The third-order valence-electron chi connectivity index (χ3n) is 4.38. The Kier molecular flexibility index (Phi) is 3.62. The molecule has 0 unspecified atom stereocenters. The minimum atomic E-state index is -0.247. The van der Waals surface area contributed by atoms with Crippen molar-refractivity contribution in [3.05, 3.63) is 71.2 Å². The number of benzene rings is 2. The Labute approximate surface area is 134 Å². The van der Waals surface area contributed by atoms with E-state index < -0.39 is 0 Å². The van der Waals surface area contributed by atoms with Crippen LogP contribution in [0, 0.1) is 5.82 Å². The fourth-order valence-electron chi connectivity index (χ4n) is 3.21. The highest BCUT2D eigenvalue weighted by molar-refractivity contribution is 5.95. The summed E-state index contributed by atoms with van der Waals surface area (Å²) >= 11 is 0. The van der Waals surface area contributed by atoms with E-state index in [1.807, 2.05) is 30.3 Å². The molecule has 1 heterocycles. The summed E-state index contributed by atoms with van der Waals surface area (Å²) in [5.74, 6) is -0.247. The number of aryl methyl sites for hydroxylation is 1. The van der Waals surface area contributed by atoms with Gasteiger partial charge in [-0.25, -0.2) is 4.39 Å². The first-order valence-electron chi connectivity index (χ1n) is 8.02. The molecule has 1 aliphatic rings. The van der Waals surface area contributed by atoms with Gasteiger partial charge in [0.25, 0.3) is 0 Å². The van der Waals surface area contributed by atoms with Crippen LogP contribution in [0.15, 0.2) is 53.5 Å². The molecule has 0 bridgehead atoms. The van der Waals surface area contributed by atoms with E-state index in [1.54, 1.807) is 18.3 Å². The van der Waals surface area contributed by atoms with Gasteiger partial charge in [-0.05, 0) is 43.4 Å². The lowest BCUT2D eigenvalue weighted by Crippen LogP contribution is -2.06. The Balaban J connectivity index is 1.89. The van der Waals surface area contributed by atoms with Crippen molar-refractivity contribution in [1.82, 2.24) is 4.98 Å². The van der Waals surface area contributed by atoms with Gasteiger partial charge in [0.05, 0.1) is 11.2 Å². The topological polar surface area (TPSA) is 25.2 Å². The molecular weight excluding hydrogens is 287 g/mol. The fraction of sp³-hybridized carbons (Fsp3) is 0.200. The summed E-state index contributed by atoms with van der Waals surface area (Å²) in [5, 5.41) is 1.04. The second kappa shape index (κ2) is 5.92. The van der Waals surface area contributed by atoms with Crippen molar-refractivity contribution in [3.8, 4) is 0 Å². The minimum absolute atomic E-state index is 0.247. The van der Waals surface area contributed by atoms with Crippen LogP contribution in [0.1, 0.15) is 29.7 Å². The van der Waals surface area contributed by atoms with Crippen LogP contribution in [-0.2, 0) is 12.8 Å². The second-order valence-corrected chi connectivity index (χ2v) is 5.89. The quantitative estimate of drug-likeness (QED) is 0.611. The SMILES string of the molecule is Fc1ccccc1C=Nc1c2c(nc3ccccc13)CCCC2. The molecule has 3 heteroatoms. The Bertz CT molecular complexity index is 899. The number of nitrogens with zero attached hydrogens (tertiary/aromatic N) is 2. The lowest BCUT2D eigenvalue weighted by atomic mass is 9.93. The fourth-order valence-corrected chi connectivity index (χ4v) is 3.21. The summed E-state index contributed by atoms with van der Waals surface area (Å²) in [5.41, 5.74) is 4.80. The largest absolute Gasteiger partial charge is 0.255 e. The lowest BCUT2D eigenvalue weighted by molar-refractivity contribution is 0.626. The van der Waals surface area contributed by atoms with Crippen molar-refractivity contribution in [2.45, 2.75) is 25.7 Å². The van der Waals surface area contributed by atoms with E-state index >= 15 is 0 Å². The standard InChI is InChI=1S/C20H17FN2/c21-17-10-4-1-7-14(17)13-22-20-15-8-2-5-11-18(15)23-19-12-6-3-9-16(19)20/h1-2,4-5,7-8,10-11,13H,3,6,9,12H2. The van der Waals surface area contributed by atoms with E-state index in [9.17, 15) is 4.39 Å². The number of hydrogen-bond acceptors (Lipinski definition) is 2. The number of aliphatic imine (C=N–C) groups is 1. The molecule has 1 aromatic heterocycles. The van der Waals surface area contributed by atoms with E-state index in [-0.39, 0.29) is 5.82 Å². The highest BCUT2D eigenvalue weighted by Gasteiger charge is 2.17. The molecule has 0 spiro atoms. The van der Waals surface area contributed by atoms with Crippen LogP contribution in [0.25, 0.3) is 10.9 Å². The Morgan fingerprint density at radius 2 is 1.74 bits per heavy atom. The molecule has 4 rings (SSSR count). The Hall–Kier alpha value is -2.55. The van der Waals surface area contributed by atoms with Gasteiger partial charge >= 0.3 is 0 Å². The van der Waals surface area contributed by atoms with Gasteiger partial charge in [0.2, 0.25) is 0 Å². The van der Waals surface area contributed by atoms with E-state index in [2.05, 4.69) is 4.99 Å². The van der Waals surface area contributed by atoms with Crippen LogP contribution in [0.3, 0.4) is 0 Å². The van der Waals surface area contributed by atoms with Gasteiger partial charge in [-0.2, -0.15) is 0 Å². The summed E-state index contributed by atoms with van der Waals surface area (Å²) in [6, 6.07) is 14.8. The first-order chi connectivity index (χ1) is 11.3. The van der Waals surface area contributed by atoms with Crippen LogP contribution in [-0.4, -0.2) is 11.2 Å². The number of para-hydroxylation sites is 1. The van der Waals surface area contributed by atoms with Crippen molar-refractivity contribution in [2.75, 3.05) is 0 Å². The molecule has 0 amide bonds. The third-order valence-corrected chi connectivity index (χ3v) is 4.38. The first-order valence-corrected chi connectivity index (χ1v) is 8.02. The average Bonchev–Trinajstić information content (AvgIpc) is 2.60. The van der Waals surface area contributed by atoms with E-state index in [1.165, 1.54) is 18.1 Å². The molecular formula is C20H17FN2. The van der Waals surface area contributed by atoms with Crippen molar-refractivity contribution in [2.24, 2.45) is 4.99 Å². The molecule has 0 saturated carbocycles. The third kappa shape index (κ3) is 2.63. The number of aromatic nitrogens is 1. The summed E-state index contributed by atoms with van der Waals surface area (Å²) < 4.78 is 13.8. The molecule has 0 fully saturated rings. The molecule has 0 radical (unpaired) electrons. The van der Waals surface area contributed by atoms with E-state index in [4.69, 9.17) is 4.98 Å². The lowest BCUT2D eigenvalue weighted by Gasteiger charge is -2.18. The number of halogens is 1. The summed E-state index contributed by atoms with van der Waals surface area (Å²) in [4.78, 5) is 9.47. The highest BCUT2D eigenvalue weighted by atomic mass is 19.1. The zero-order chi connectivity index (χ0) is 15.6. The number of pyridine rings is 1. The van der Waals surface area contributed by atoms with Crippen molar-refractivity contribution in [1.29, 1.82) is 0 Å². The van der Waals surface area contributed by atoms with Crippen molar-refractivity contribution < 1.29 is 4.39 Å². The van der Waals surface area contributed by atoms with E-state index in [0.29, 0.717) is 5.56 Å². The van der Waals surface area contributed by atoms with Crippen LogP contribution in [0.2, 0.25) is 0 Å². The van der Waals surface area contributed by atoms with Crippen molar-refractivity contribution >= 4 is 22.8 Å². The zero-order valence-electron chi connectivity index (χ0n) is 12.8. The highest BCUT2D eigenvalue weighted by Crippen LogP contribution is 2.35. The molecule has 0 aliphatic heterocycles. The summed E-state index contributed by atoms with van der Waals surface area (Å²) in [6.07, 6.45) is 5.97. The van der Waals surface area contributed by atoms with Gasteiger partial charge in [-0.15, -0.1) is 0 Å². The average molecular weight is 304 g/mol. The minimum Gasteiger partial charge on any atom is -0.255 e. The maximum absolute atomic E-state index is 13.8. The maximum Gasteiger partial charge on any atom is 0.131 e. The molecule has 114 valence electrons. The maximum atomic E-state index is 13.8. The molecule has 23 heavy (non-hydrogen) atoms. The van der Waals surface area contributed by atoms with Gasteiger partial charge < -0.3 is 0 Å². The molecule has 0 atom stereocenters. The number of hydrogen-bond donors (Lipinski definition) is 0. The first kappa shape index (κ1) is 14.1. The van der Waals surface area contributed by atoms with Crippen LogP contribution >= 0.6 is 0 Å². The summed E-state index contributed by atoms with van der Waals surface area (Å²) in [7, 11) is 0. The number of fused-ring (bicyclic) bond motifs is 2. The monoisotopic (exact) mass is 304 g/mol. The van der Waals surface area contributed by atoms with Crippen LogP contribution in [0.4, 0.5) is 10.1 Å². The molecule has 0 N–H and O–H groups in total. The van der Waals surface area contributed by atoms with Crippen LogP contribution < -0.4 is 0 Å². The van der Waals surface area contributed by atoms with Gasteiger partial charge in [0.15, 0.2) is 0 Å². The second-order valence-electron chi connectivity index (χ2n) is 5.89. The normalized spacial score (nSPS) is 14.3. The van der Waals surface area contributed by atoms with Gasteiger partial charge in [-0.3, -0.25) is 9.98 Å².